The van der Waals surface area contributed by atoms with Gasteiger partial charge in [-0.3, -0.25) is 9.20 Å². The summed E-state index contributed by atoms with van der Waals surface area (Å²) in [6, 6.07) is 13.6. The molecule has 1 aliphatic rings. The van der Waals surface area contributed by atoms with E-state index in [0.717, 1.165) is 54.4 Å². The van der Waals surface area contributed by atoms with Crippen LogP contribution >= 0.6 is 11.6 Å². The zero-order chi connectivity index (χ0) is 17.9. The zero-order valence-electron chi connectivity index (χ0n) is 14.5. The van der Waals surface area contributed by atoms with Crippen LogP contribution in [0.25, 0.3) is 5.65 Å². The maximum atomic E-state index is 12.5. The molecule has 0 radical (unpaired) electrons. The smallest absolute Gasteiger partial charge is 0.222 e. The quantitative estimate of drug-likeness (QED) is 0.705. The maximum absolute atomic E-state index is 12.5. The number of hydrogen-bond donors (Lipinski definition) is 0. The maximum Gasteiger partial charge on any atom is 0.222 e. The Balaban J connectivity index is 1.33. The van der Waals surface area contributed by atoms with Crippen molar-refractivity contribution in [2.24, 2.45) is 0 Å². The Labute approximate surface area is 157 Å². The summed E-state index contributed by atoms with van der Waals surface area (Å²) in [5, 5.41) is 9.33. The third-order valence-electron chi connectivity index (χ3n) is 5.07. The van der Waals surface area contributed by atoms with E-state index in [2.05, 4.69) is 14.6 Å². The van der Waals surface area contributed by atoms with Gasteiger partial charge in [0.05, 0.1) is 0 Å². The number of carbonyl (C=O) groups is 1. The number of halogens is 1. The van der Waals surface area contributed by atoms with Crippen LogP contribution in [0.1, 0.15) is 36.6 Å². The Bertz CT molecular complexity index is 915. The summed E-state index contributed by atoms with van der Waals surface area (Å²) in [7, 11) is 0. The van der Waals surface area contributed by atoms with Gasteiger partial charge in [-0.15, -0.1) is 10.2 Å². The number of fused-ring (bicyclic) bond motifs is 1. The largest absolute Gasteiger partial charge is 0.343 e. The minimum absolute atomic E-state index is 0.217. The normalized spacial score (nSPS) is 15.5. The van der Waals surface area contributed by atoms with Crippen molar-refractivity contribution in [1.82, 2.24) is 19.5 Å². The molecular formula is C20H21ClN4O. The second-order valence-electron chi connectivity index (χ2n) is 6.77. The van der Waals surface area contributed by atoms with E-state index in [1.807, 2.05) is 53.6 Å². The van der Waals surface area contributed by atoms with Crippen LogP contribution in [0.5, 0.6) is 0 Å². The molecule has 2 aromatic heterocycles. The molecule has 1 aliphatic heterocycles. The Morgan fingerprint density at radius 1 is 1.12 bits per heavy atom. The molecule has 3 aromatic rings. The molecule has 4 rings (SSSR count). The highest BCUT2D eigenvalue weighted by atomic mass is 35.5. The molecule has 0 unspecified atom stereocenters. The lowest BCUT2D eigenvalue weighted by molar-refractivity contribution is -0.132. The monoisotopic (exact) mass is 368 g/mol. The van der Waals surface area contributed by atoms with Crippen molar-refractivity contribution in [2.45, 2.75) is 31.6 Å². The fourth-order valence-corrected chi connectivity index (χ4v) is 3.84. The number of piperidine rings is 1. The standard InChI is InChI=1S/C20H21ClN4O/c21-17-5-3-4-15(14-17)7-8-19(26)24-12-9-16(10-13-24)20-23-22-18-6-1-2-11-25(18)20/h1-6,11,14,16H,7-10,12-13H2. The van der Waals surface area contributed by atoms with Gasteiger partial charge < -0.3 is 4.90 Å². The van der Waals surface area contributed by atoms with E-state index in [-0.39, 0.29) is 5.91 Å². The molecule has 1 aromatic carbocycles. The molecule has 1 fully saturated rings. The molecule has 26 heavy (non-hydrogen) atoms. The lowest BCUT2D eigenvalue weighted by Gasteiger charge is -2.31. The number of pyridine rings is 1. The first-order valence-electron chi connectivity index (χ1n) is 9.02. The van der Waals surface area contributed by atoms with Gasteiger partial charge in [-0.05, 0) is 49.1 Å². The van der Waals surface area contributed by atoms with Crippen LogP contribution in [0.2, 0.25) is 5.02 Å². The van der Waals surface area contributed by atoms with Crippen LogP contribution < -0.4 is 0 Å². The van der Waals surface area contributed by atoms with Crippen LogP contribution in [0.15, 0.2) is 48.7 Å². The van der Waals surface area contributed by atoms with Gasteiger partial charge in [0, 0.05) is 36.6 Å². The van der Waals surface area contributed by atoms with E-state index in [4.69, 9.17) is 11.6 Å². The van der Waals surface area contributed by atoms with Gasteiger partial charge in [0.25, 0.3) is 0 Å². The predicted molar refractivity (Wildman–Crippen MR) is 101 cm³/mol. The summed E-state index contributed by atoms with van der Waals surface area (Å²) in [4.78, 5) is 14.5. The lowest BCUT2D eigenvalue weighted by Crippen LogP contribution is -2.38. The first kappa shape index (κ1) is 17.0. The molecule has 0 atom stereocenters. The lowest BCUT2D eigenvalue weighted by atomic mass is 9.95. The van der Waals surface area contributed by atoms with Crippen LogP contribution in [0, 0.1) is 0 Å². The van der Waals surface area contributed by atoms with Crippen molar-refractivity contribution >= 4 is 23.2 Å². The van der Waals surface area contributed by atoms with E-state index in [0.29, 0.717) is 12.3 Å². The molecule has 0 N–H and O–H groups in total. The number of rotatable bonds is 4. The second kappa shape index (κ2) is 7.46. The third kappa shape index (κ3) is 3.58. The highest BCUT2D eigenvalue weighted by Gasteiger charge is 2.26. The Morgan fingerprint density at radius 2 is 1.96 bits per heavy atom. The number of aryl methyl sites for hydroxylation is 1. The molecule has 134 valence electrons. The Hall–Kier alpha value is -2.40. The highest BCUT2D eigenvalue weighted by molar-refractivity contribution is 6.30. The molecule has 3 heterocycles. The summed E-state index contributed by atoms with van der Waals surface area (Å²) >= 11 is 6.01. The van der Waals surface area contributed by atoms with Gasteiger partial charge in [0.1, 0.15) is 5.82 Å². The molecule has 0 spiro atoms. The number of nitrogens with zero attached hydrogens (tertiary/aromatic N) is 4. The van der Waals surface area contributed by atoms with Crippen molar-refractivity contribution in [3.8, 4) is 0 Å². The molecule has 1 amide bonds. The summed E-state index contributed by atoms with van der Waals surface area (Å²) in [5.41, 5.74) is 1.98. The Kier molecular flexibility index (Phi) is 4.89. The molecule has 0 saturated carbocycles. The van der Waals surface area contributed by atoms with Gasteiger partial charge in [-0.1, -0.05) is 29.8 Å². The van der Waals surface area contributed by atoms with E-state index < -0.39 is 0 Å². The van der Waals surface area contributed by atoms with Crippen LogP contribution in [-0.4, -0.2) is 38.5 Å². The number of hydrogen-bond acceptors (Lipinski definition) is 3. The molecule has 6 heteroatoms. The molecular weight excluding hydrogens is 348 g/mol. The number of likely N-dealkylation sites (tertiary alicyclic amines) is 1. The van der Waals surface area contributed by atoms with Crippen LogP contribution in [-0.2, 0) is 11.2 Å². The number of amides is 1. The van der Waals surface area contributed by atoms with Gasteiger partial charge in [0.15, 0.2) is 5.65 Å². The summed E-state index contributed by atoms with van der Waals surface area (Å²) in [6.07, 6.45) is 5.12. The fraction of sp³-hybridized carbons (Fsp3) is 0.350. The van der Waals surface area contributed by atoms with Gasteiger partial charge >= 0.3 is 0 Å². The minimum atomic E-state index is 0.217. The zero-order valence-corrected chi connectivity index (χ0v) is 15.3. The van der Waals surface area contributed by atoms with E-state index in [1.54, 1.807) is 0 Å². The number of carbonyl (C=O) groups excluding carboxylic acids is 1. The van der Waals surface area contributed by atoms with Crippen molar-refractivity contribution in [3.63, 3.8) is 0 Å². The number of benzene rings is 1. The highest BCUT2D eigenvalue weighted by Crippen LogP contribution is 2.27. The summed E-state index contributed by atoms with van der Waals surface area (Å²) in [5.74, 6) is 1.57. The van der Waals surface area contributed by atoms with Crippen molar-refractivity contribution in [3.05, 3.63) is 65.1 Å². The van der Waals surface area contributed by atoms with Crippen molar-refractivity contribution in [2.75, 3.05) is 13.1 Å². The summed E-state index contributed by atoms with van der Waals surface area (Å²) < 4.78 is 2.06. The van der Waals surface area contributed by atoms with Crippen LogP contribution in [0.4, 0.5) is 0 Å². The first-order chi connectivity index (χ1) is 12.7. The Morgan fingerprint density at radius 3 is 2.77 bits per heavy atom. The SMILES string of the molecule is O=C(CCc1cccc(Cl)c1)N1CCC(c2nnc3ccccn23)CC1. The van der Waals surface area contributed by atoms with E-state index >= 15 is 0 Å². The van der Waals surface area contributed by atoms with Gasteiger partial charge in [-0.25, -0.2) is 0 Å². The second-order valence-corrected chi connectivity index (χ2v) is 7.21. The van der Waals surface area contributed by atoms with Gasteiger partial charge in [-0.2, -0.15) is 0 Å². The van der Waals surface area contributed by atoms with Gasteiger partial charge in [0.2, 0.25) is 5.91 Å². The van der Waals surface area contributed by atoms with Crippen molar-refractivity contribution < 1.29 is 4.79 Å². The van der Waals surface area contributed by atoms with E-state index in [9.17, 15) is 4.79 Å². The molecule has 0 bridgehead atoms. The topological polar surface area (TPSA) is 50.5 Å². The predicted octanol–water partition coefficient (Wildman–Crippen LogP) is 3.72. The minimum Gasteiger partial charge on any atom is -0.343 e. The average molecular weight is 369 g/mol. The number of aromatic nitrogens is 3. The first-order valence-corrected chi connectivity index (χ1v) is 9.40. The molecule has 1 saturated heterocycles. The van der Waals surface area contributed by atoms with E-state index in [1.165, 1.54) is 0 Å². The fourth-order valence-electron chi connectivity index (χ4n) is 3.63. The summed E-state index contributed by atoms with van der Waals surface area (Å²) in [6.45, 7) is 1.56. The average Bonchev–Trinajstić information content (AvgIpc) is 3.10. The molecule has 5 nitrogen and oxygen atoms in total. The molecule has 0 aliphatic carbocycles. The third-order valence-corrected chi connectivity index (χ3v) is 5.30. The van der Waals surface area contributed by atoms with Crippen molar-refractivity contribution in [1.29, 1.82) is 0 Å². The van der Waals surface area contributed by atoms with Crippen LogP contribution in [0.3, 0.4) is 0 Å².